The Kier molecular flexibility index (Phi) is 7.05. The summed E-state index contributed by atoms with van der Waals surface area (Å²) >= 11 is 5.94. The number of benzene rings is 2. The summed E-state index contributed by atoms with van der Waals surface area (Å²) < 4.78 is 0. The third-order valence-corrected chi connectivity index (χ3v) is 4.90. The third-order valence-electron chi connectivity index (χ3n) is 4.65. The zero-order valence-corrected chi connectivity index (χ0v) is 16.5. The van der Waals surface area contributed by atoms with Crippen LogP contribution in [-0.2, 0) is 9.59 Å². The molecule has 1 aliphatic rings. The number of rotatable bonds is 5. The molecule has 0 spiro atoms. The van der Waals surface area contributed by atoms with Gasteiger partial charge in [-0.05, 0) is 53.6 Å². The summed E-state index contributed by atoms with van der Waals surface area (Å²) in [7, 11) is 0. The van der Waals surface area contributed by atoms with Crippen molar-refractivity contribution >= 4 is 41.3 Å². The van der Waals surface area contributed by atoms with Gasteiger partial charge in [-0.25, -0.2) is 5.48 Å². The zero-order chi connectivity index (χ0) is 20.6. The average Bonchev–Trinajstić information content (AvgIpc) is 2.76. The van der Waals surface area contributed by atoms with Gasteiger partial charge in [-0.2, -0.15) is 0 Å². The standard InChI is InChI=1S/C22H22ClN3O3/c23-19-6-8-20(9-7-19)25-12-14-26(15-13-25)22(28)11-5-18-3-1-2-17(16-18)4-10-21(27)24-29/h1-11,16,29H,12-15H2,(H,24,27). The summed E-state index contributed by atoms with van der Waals surface area (Å²) in [4.78, 5) is 27.6. The first-order chi connectivity index (χ1) is 14.0. The lowest BCUT2D eigenvalue weighted by atomic mass is 10.1. The molecule has 1 fully saturated rings. The lowest BCUT2D eigenvalue weighted by molar-refractivity contribution is -0.126. The Morgan fingerprint density at radius 2 is 1.55 bits per heavy atom. The van der Waals surface area contributed by atoms with Crippen LogP contribution in [-0.4, -0.2) is 48.1 Å². The first-order valence-electron chi connectivity index (χ1n) is 9.25. The Balaban J connectivity index is 1.55. The van der Waals surface area contributed by atoms with Gasteiger partial charge in [0.25, 0.3) is 5.91 Å². The molecule has 7 heteroatoms. The predicted molar refractivity (Wildman–Crippen MR) is 115 cm³/mol. The monoisotopic (exact) mass is 411 g/mol. The van der Waals surface area contributed by atoms with Gasteiger partial charge in [0.2, 0.25) is 5.91 Å². The van der Waals surface area contributed by atoms with Crippen LogP contribution in [0.15, 0.2) is 60.7 Å². The fourth-order valence-electron chi connectivity index (χ4n) is 3.09. The Morgan fingerprint density at radius 1 is 0.931 bits per heavy atom. The molecule has 0 aliphatic carbocycles. The first-order valence-corrected chi connectivity index (χ1v) is 9.63. The van der Waals surface area contributed by atoms with Crippen molar-refractivity contribution in [1.29, 1.82) is 0 Å². The van der Waals surface area contributed by atoms with E-state index in [0.717, 1.165) is 29.9 Å². The van der Waals surface area contributed by atoms with Crippen LogP contribution in [0.1, 0.15) is 11.1 Å². The van der Waals surface area contributed by atoms with Gasteiger partial charge in [-0.1, -0.05) is 29.8 Å². The van der Waals surface area contributed by atoms with Crippen LogP contribution in [0.3, 0.4) is 0 Å². The van der Waals surface area contributed by atoms with Crippen molar-refractivity contribution in [3.8, 4) is 0 Å². The number of piperazine rings is 1. The fraction of sp³-hybridized carbons (Fsp3) is 0.182. The highest BCUT2D eigenvalue weighted by molar-refractivity contribution is 6.30. The van der Waals surface area contributed by atoms with Crippen LogP contribution in [0.5, 0.6) is 0 Å². The molecule has 1 heterocycles. The van der Waals surface area contributed by atoms with Crippen LogP contribution in [0.4, 0.5) is 5.69 Å². The number of halogens is 1. The van der Waals surface area contributed by atoms with Gasteiger partial charge < -0.3 is 9.80 Å². The van der Waals surface area contributed by atoms with Gasteiger partial charge in [0.1, 0.15) is 0 Å². The summed E-state index contributed by atoms with van der Waals surface area (Å²) in [5.74, 6) is -0.625. The number of amides is 2. The summed E-state index contributed by atoms with van der Waals surface area (Å²) in [5.41, 5.74) is 4.29. The van der Waals surface area contributed by atoms with Crippen LogP contribution >= 0.6 is 11.6 Å². The number of carbonyl (C=O) groups is 2. The van der Waals surface area contributed by atoms with Crippen molar-refractivity contribution in [1.82, 2.24) is 10.4 Å². The number of hydrogen-bond acceptors (Lipinski definition) is 4. The van der Waals surface area contributed by atoms with E-state index in [1.165, 1.54) is 6.08 Å². The maximum absolute atomic E-state index is 12.5. The molecule has 2 N–H and O–H groups in total. The Bertz CT molecular complexity index is 917. The Hall–Kier alpha value is -3.09. The highest BCUT2D eigenvalue weighted by atomic mass is 35.5. The van der Waals surface area contributed by atoms with Crippen molar-refractivity contribution < 1.29 is 14.8 Å². The van der Waals surface area contributed by atoms with E-state index in [2.05, 4.69) is 4.90 Å². The molecular weight excluding hydrogens is 390 g/mol. The lowest BCUT2D eigenvalue weighted by Gasteiger charge is -2.35. The molecule has 2 aromatic carbocycles. The highest BCUT2D eigenvalue weighted by Crippen LogP contribution is 2.19. The molecule has 150 valence electrons. The maximum Gasteiger partial charge on any atom is 0.267 e. The number of carbonyl (C=O) groups excluding carboxylic acids is 2. The summed E-state index contributed by atoms with van der Waals surface area (Å²) in [6, 6.07) is 15.1. The minimum Gasteiger partial charge on any atom is -0.368 e. The number of hydroxylamine groups is 1. The molecule has 6 nitrogen and oxygen atoms in total. The van der Waals surface area contributed by atoms with Gasteiger partial charge in [0.15, 0.2) is 0 Å². The van der Waals surface area contributed by atoms with Crippen LogP contribution in [0.2, 0.25) is 5.02 Å². The van der Waals surface area contributed by atoms with Crippen molar-refractivity contribution in [3.05, 3.63) is 76.8 Å². The van der Waals surface area contributed by atoms with E-state index in [1.54, 1.807) is 23.7 Å². The van der Waals surface area contributed by atoms with Crippen molar-refractivity contribution in [2.45, 2.75) is 0 Å². The van der Waals surface area contributed by atoms with Gasteiger partial charge in [-0.15, -0.1) is 0 Å². The van der Waals surface area contributed by atoms with Crippen molar-refractivity contribution in [2.24, 2.45) is 0 Å². The fourth-order valence-corrected chi connectivity index (χ4v) is 3.21. The molecule has 0 saturated carbocycles. The molecule has 0 aromatic heterocycles. The predicted octanol–water partition coefficient (Wildman–Crippen LogP) is 3.22. The van der Waals surface area contributed by atoms with Gasteiger partial charge >= 0.3 is 0 Å². The van der Waals surface area contributed by atoms with E-state index in [0.29, 0.717) is 18.1 Å². The third kappa shape index (κ3) is 5.94. The highest BCUT2D eigenvalue weighted by Gasteiger charge is 2.19. The van der Waals surface area contributed by atoms with E-state index in [1.807, 2.05) is 53.4 Å². The first kappa shape index (κ1) is 20.6. The van der Waals surface area contributed by atoms with Crippen LogP contribution in [0, 0.1) is 0 Å². The summed E-state index contributed by atoms with van der Waals surface area (Å²) in [6.45, 7) is 2.86. The second-order valence-corrected chi connectivity index (χ2v) is 7.04. The van der Waals surface area contributed by atoms with E-state index >= 15 is 0 Å². The minimum atomic E-state index is -0.598. The molecule has 3 rings (SSSR count). The second kappa shape index (κ2) is 9.91. The Labute approximate surface area is 174 Å². The quantitative estimate of drug-likeness (QED) is 0.450. The molecule has 0 unspecified atom stereocenters. The topological polar surface area (TPSA) is 72.9 Å². The molecular formula is C22H22ClN3O3. The van der Waals surface area contributed by atoms with Crippen molar-refractivity contribution in [2.75, 3.05) is 31.1 Å². The maximum atomic E-state index is 12.5. The largest absolute Gasteiger partial charge is 0.368 e. The number of hydrogen-bond donors (Lipinski definition) is 2. The number of nitrogens with zero attached hydrogens (tertiary/aromatic N) is 2. The summed E-state index contributed by atoms with van der Waals surface area (Å²) in [6.07, 6.45) is 6.15. The zero-order valence-electron chi connectivity index (χ0n) is 15.8. The van der Waals surface area contributed by atoms with E-state index in [9.17, 15) is 9.59 Å². The minimum absolute atomic E-state index is 0.0265. The molecule has 0 radical (unpaired) electrons. The number of anilines is 1. The lowest BCUT2D eigenvalue weighted by Crippen LogP contribution is -2.48. The smallest absolute Gasteiger partial charge is 0.267 e. The molecule has 29 heavy (non-hydrogen) atoms. The molecule has 2 aromatic rings. The van der Waals surface area contributed by atoms with Crippen molar-refractivity contribution in [3.63, 3.8) is 0 Å². The summed E-state index contributed by atoms with van der Waals surface area (Å²) in [5, 5.41) is 9.23. The van der Waals surface area contributed by atoms with Gasteiger partial charge in [0.05, 0.1) is 0 Å². The molecule has 0 bridgehead atoms. The van der Waals surface area contributed by atoms with E-state index in [-0.39, 0.29) is 5.91 Å². The van der Waals surface area contributed by atoms with Crippen LogP contribution in [0.25, 0.3) is 12.2 Å². The molecule has 1 aliphatic heterocycles. The average molecular weight is 412 g/mol. The number of nitrogens with one attached hydrogen (secondary N) is 1. The molecule has 2 amide bonds. The normalized spacial score (nSPS) is 14.6. The molecule has 1 saturated heterocycles. The van der Waals surface area contributed by atoms with E-state index in [4.69, 9.17) is 16.8 Å². The van der Waals surface area contributed by atoms with Gasteiger partial charge in [0, 0.05) is 49.0 Å². The molecule has 0 atom stereocenters. The second-order valence-electron chi connectivity index (χ2n) is 6.60. The van der Waals surface area contributed by atoms with Crippen LogP contribution < -0.4 is 10.4 Å². The Morgan fingerprint density at radius 3 is 2.17 bits per heavy atom. The van der Waals surface area contributed by atoms with Gasteiger partial charge in [-0.3, -0.25) is 14.8 Å². The van der Waals surface area contributed by atoms with E-state index < -0.39 is 5.91 Å². The SMILES string of the molecule is O=C(C=Cc1cccc(C=CC(=O)N2CCN(c3ccc(Cl)cc3)CC2)c1)NO.